The van der Waals surface area contributed by atoms with Gasteiger partial charge in [-0.1, -0.05) is 0 Å². The maximum atomic E-state index is 13.2. The third-order valence-corrected chi connectivity index (χ3v) is 7.40. The Morgan fingerprint density at radius 2 is 1.40 bits per heavy atom. The Hall–Kier alpha value is -4.89. The van der Waals surface area contributed by atoms with Crippen molar-refractivity contribution in [1.82, 2.24) is 0 Å². The Morgan fingerprint density at radius 1 is 0.850 bits per heavy atom. The van der Waals surface area contributed by atoms with Gasteiger partial charge in [-0.15, -0.1) is 11.8 Å². The highest BCUT2D eigenvalue weighted by Gasteiger charge is 2.45. The van der Waals surface area contributed by atoms with E-state index in [9.17, 15) is 55.5 Å². The van der Waals surface area contributed by atoms with Crippen LogP contribution in [0.2, 0.25) is 0 Å². The molecule has 11 N–H and O–H groups in total. The third-order valence-electron chi connectivity index (χ3n) is 5.98. The molecule has 3 aromatic carbocycles. The summed E-state index contributed by atoms with van der Waals surface area (Å²) in [5.74, 6) is -8.78. The van der Waals surface area contributed by atoms with Crippen LogP contribution in [0.1, 0.15) is 32.8 Å². The molecule has 0 bridgehead atoms. The molecule has 0 aromatic heterocycles. The second-order valence-corrected chi connectivity index (χ2v) is 9.93. The van der Waals surface area contributed by atoms with Crippen molar-refractivity contribution in [2.24, 2.45) is 5.73 Å². The molecule has 0 aliphatic carbocycles. The number of rotatable bonds is 7. The van der Waals surface area contributed by atoms with E-state index < -0.39 is 87.0 Å². The molecule has 4 rings (SSSR count). The number of thioether (sulfide) groups is 1. The van der Waals surface area contributed by atoms with Crippen molar-refractivity contribution in [2.75, 3.05) is 5.75 Å². The molecule has 0 spiro atoms. The maximum absolute atomic E-state index is 13.2. The van der Waals surface area contributed by atoms with E-state index in [0.717, 1.165) is 48.2 Å². The molecular formula is C25H23NO13S. The Bertz CT molecular complexity index is 1450. The summed E-state index contributed by atoms with van der Waals surface area (Å²) in [4.78, 5) is 24.6. The average Bonchev–Trinajstić information content (AvgIpc) is 2.88. The minimum atomic E-state index is -1.50. The molecule has 0 saturated carbocycles. The van der Waals surface area contributed by atoms with Gasteiger partial charge >= 0.3 is 11.9 Å². The third kappa shape index (κ3) is 5.32. The summed E-state index contributed by atoms with van der Waals surface area (Å²) in [6.45, 7) is 0. The fourth-order valence-corrected chi connectivity index (χ4v) is 5.40. The van der Waals surface area contributed by atoms with Crippen molar-refractivity contribution in [2.45, 2.75) is 23.5 Å². The number of phenolic OH excluding ortho intramolecular Hbond substituents is 8. The van der Waals surface area contributed by atoms with E-state index in [-0.39, 0.29) is 22.6 Å². The first kappa shape index (κ1) is 28.1. The van der Waals surface area contributed by atoms with Crippen LogP contribution in [-0.4, -0.2) is 75.8 Å². The first-order valence-electron chi connectivity index (χ1n) is 11.3. The van der Waals surface area contributed by atoms with E-state index in [4.69, 9.17) is 15.2 Å². The highest BCUT2D eigenvalue weighted by Crippen LogP contribution is 2.54. The summed E-state index contributed by atoms with van der Waals surface area (Å²) in [5.41, 5.74) is 5.18. The zero-order valence-electron chi connectivity index (χ0n) is 20.1. The molecule has 0 radical (unpaired) electrons. The van der Waals surface area contributed by atoms with E-state index in [1.165, 1.54) is 0 Å². The number of ether oxygens (including phenoxy) is 2. The molecule has 0 unspecified atom stereocenters. The summed E-state index contributed by atoms with van der Waals surface area (Å²) >= 11 is 0.843. The first-order valence-corrected chi connectivity index (χ1v) is 12.4. The molecular weight excluding hydrogens is 554 g/mol. The van der Waals surface area contributed by atoms with Crippen LogP contribution >= 0.6 is 11.8 Å². The summed E-state index contributed by atoms with van der Waals surface area (Å²) in [5, 5.41) is 88.2. The quantitative estimate of drug-likeness (QED) is 0.142. The lowest BCUT2D eigenvalue weighted by Gasteiger charge is -2.39. The Morgan fingerprint density at radius 3 is 1.95 bits per heavy atom. The number of fused-ring (bicyclic) bond motifs is 1. The fourth-order valence-electron chi connectivity index (χ4n) is 4.05. The number of carboxylic acid groups (broad SMARTS) is 1. The molecule has 1 aliphatic rings. The minimum absolute atomic E-state index is 0.0157. The van der Waals surface area contributed by atoms with Crippen molar-refractivity contribution in [3.05, 3.63) is 53.1 Å². The highest BCUT2D eigenvalue weighted by atomic mass is 32.2. The predicted molar refractivity (Wildman–Crippen MR) is 136 cm³/mol. The number of nitrogens with two attached hydrogens (primary N) is 1. The molecule has 1 heterocycles. The molecule has 40 heavy (non-hydrogen) atoms. The van der Waals surface area contributed by atoms with Gasteiger partial charge < -0.3 is 61.2 Å². The van der Waals surface area contributed by atoms with Gasteiger partial charge in [0.15, 0.2) is 46.7 Å². The molecule has 0 amide bonds. The number of hydrogen-bond acceptors (Lipinski definition) is 14. The van der Waals surface area contributed by atoms with Crippen molar-refractivity contribution in [3.63, 3.8) is 0 Å². The Labute approximate surface area is 228 Å². The van der Waals surface area contributed by atoms with E-state index in [1.54, 1.807) is 0 Å². The number of esters is 1. The van der Waals surface area contributed by atoms with E-state index in [2.05, 4.69) is 0 Å². The Balaban J connectivity index is 1.87. The molecule has 0 fully saturated rings. The van der Waals surface area contributed by atoms with Gasteiger partial charge in [0.05, 0.1) is 16.4 Å². The number of benzene rings is 3. The molecule has 0 saturated heterocycles. The molecule has 212 valence electrons. The number of aliphatic carboxylic acids is 1. The van der Waals surface area contributed by atoms with Crippen LogP contribution in [0.4, 0.5) is 0 Å². The zero-order valence-corrected chi connectivity index (χ0v) is 20.9. The average molecular weight is 578 g/mol. The lowest BCUT2D eigenvalue weighted by Crippen LogP contribution is -2.39. The number of phenols is 8. The topological polar surface area (TPSA) is 261 Å². The van der Waals surface area contributed by atoms with E-state index in [0.29, 0.717) is 0 Å². The van der Waals surface area contributed by atoms with Gasteiger partial charge in [-0.3, -0.25) is 4.79 Å². The number of carboxylic acids is 1. The van der Waals surface area contributed by atoms with Crippen LogP contribution in [0.3, 0.4) is 0 Å². The summed E-state index contributed by atoms with van der Waals surface area (Å²) in [6, 6.07) is 4.31. The van der Waals surface area contributed by atoms with Gasteiger partial charge in [0.25, 0.3) is 0 Å². The van der Waals surface area contributed by atoms with Crippen LogP contribution in [-0.2, 0) is 9.53 Å². The van der Waals surface area contributed by atoms with Crippen molar-refractivity contribution < 1.29 is 65.0 Å². The van der Waals surface area contributed by atoms with Gasteiger partial charge in [0, 0.05) is 23.4 Å². The second-order valence-electron chi connectivity index (χ2n) is 8.75. The van der Waals surface area contributed by atoms with Crippen LogP contribution < -0.4 is 10.5 Å². The molecule has 1 aliphatic heterocycles. The van der Waals surface area contributed by atoms with E-state index >= 15 is 0 Å². The predicted octanol–water partition coefficient (Wildman–Crippen LogP) is 1.88. The number of carbonyl (C=O) groups excluding carboxylic acids is 1. The zero-order chi connectivity index (χ0) is 29.5. The first-order chi connectivity index (χ1) is 18.8. The van der Waals surface area contributed by atoms with Gasteiger partial charge in [-0.2, -0.15) is 0 Å². The monoisotopic (exact) mass is 577 g/mol. The van der Waals surface area contributed by atoms with Gasteiger partial charge in [0.2, 0.25) is 0 Å². The van der Waals surface area contributed by atoms with Gasteiger partial charge in [0.1, 0.15) is 23.3 Å². The summed E-state index contributed by atoms with van der Waals surface area (Å²) < 4.78 is 11.6. The smallest absolute Gasteiger partial charge is 0.338 e. The molecule has 14 nitrogen and oxygen atoms in total. The van der Waals surface area contributed by atoms with Crippen molar-refractivity contribution in [3.8, 4) is 51.7 Å². The van der Waals surface area contributed by atoms with E-state index in [1.807, 2.05) is 0 Å². The van der Waals surface area contributed by atoms with Crippen LogP contribution in [0.5, 0.6) is 51.7 Å². The maximum Gasteiger partial charge on any atom is 0.338 e. The largest absolute Gasteiger partial charge is 0.508 e. The highest BCUT2D eigenvalue weighted by molar-refractivity contribution is 7.99. The normalized spacial score (nSPS) is 18.8. The number of hydrogen-bond donors (Lipinski definition) is 10. The number of carbonyl (C=O) groups is 2. The summed E-state index contributed by atoms with van der Waals surface area (Å²) in [7, 11) is 0. The molecule has 15 heteroatoms. The standard InChI is InChI=1S/C25H23NO13S/c26-11(24(35)36)7-40-23-18-12(28)5-10(27)6-17(18)38-21(8-1-13(29)19(33)14(30)2-8)22(23)39-25(37)9-3-15(31)20(34)16(32)4-9/h1-6,11,21-23,27-34H,7,26H2,(H,35,36)/t11-,21+,22-,23+/m0/s1. The molecule has 3 aromatic rings. The van der Waals surface area contributed by atoms with Crippen LogP contribution in [0, 0.1) is 0 Å². The van der Waals surface area contributed by atoms with Gasteiger partial charge in [-0.05, 0) is 24.3 Å². The summed E-state index contributed by atoms with van der Waals surface area (Å²) in [6.07, 6.45) is -2.92. The van der Waals surface area contributed by atoms with Crippen LogP contribution in [0.15, 0.2) is 36.4 Å². The second kappa shape index (κ2) is 10.7. The Kier molecular flexibility index (Phi) is 7.53. The number of aromatic hydroxyl groups is 8. The van der Waals surface area contributed by atoms with Crippen molar-refractivity contribution in [1.29, 1.82) is 0 Å². The SMILES string of the molecule is N[C@@H](CS[C@@H]1c2c(O)cc(O)cc2O[C@H](c2cc(O)c(O)c(O)c2)[C@@H]1OC(=O)c1cc(O)c(O)c(O)c1)C(=O)O. The minimum Gasteiger partial charge on any atom is -0.508 e. The molecule has 4 atom stereocenters. The fraction of sp³-hybridized carbons (Fsp3) is 0.200. The lowest BCUT2D eigenvalue weighted by atomic mass is 9.92. The van der Waals surface area contributed by atoms with Crippen LogP contribution in [0.25, 0.3) is 0 Å². The van der Waals surface area contributed by atoms with Gasteiger partial charge in [-0.25, -0.2) is 4.79 Å². The van der Waals surface area contributed by atoms with Crippen molar-refractivity contribution >= 4 is 23.7 Å². The lowest BCUT2D eigenvalue weighted by molar-refractivity contribution is -0.137.